The molecule has 0 aliphatic carbocycles. The monoisotopic (exact) mass is 536 g/mol. The van der Waals surface area contributed by atoms with E-state index >= 15 is 0 Å². The van der Waals surface area contributed by atoms with Crippen LogP contribution in [0.4, 0.5) is 0 Å². The van der Waals surface area contributed by atoms with Crippen LogP contribution in [0.15, 0.2) is 0 Å². The zero-order valence-electron chi connectivity index (χ0n) is 16.3. The Morgan fingerprint density at radius 3 is 1.09 bits per heavy atom. The molecular weight excluding hydrogens is 503 g/mol. The van der Waals surface area contributed by atoms with Crippen LogP contribution in [0.2, 0.25) is 0 Å². The fourth-order valence-corrected chi connectivity index (χ4v) is 0.407. The molecule has 3 radical (unpaired) electrons. The number of hydrogen-bond donors (Lipinski definition) is 0. The van der Waals surface area contributed by atoms with Crippen molar-refractivity contribution in [1.82, 2.24) is 0 Å². The van der Waals surface area contributed by atoms with Gasteiger partial charge in [0, 0.05) is 98.1 Å². The van der Waals surface area contributed by atoms with Crippen LogP contribution >= 0.6 is 0 Å². The van der Waals surface area contributed by atoms with Crippen molar-refractivity contribution < 1.29 is 108 Å². The third kappa shape index (κ3) is 38.2. The number of rotatable bonds is 4. The zero-order valence-corrected chi connectivity index (χ0v) is 24.8. The molecule has 22 heavy (non-hydrogen) atoms. The molecule has 5 heteroatoms. The molecule has 2 nitrogen and oxygen atoms in total. The van der Waals surface area contributed by atoms with Crippen LogP contribution in [0.5, 0.6) is 0 Å². The molecule has 0 fully saturated rings. The van der Waals surface area contributed by atoms with Crippen LogP contribution in [0.3, 0.4) is 0 Å². The smallest absolute Gasteiger partial charge is 0.103 e. The molecule has 0 saturated carbocycles. The summed E-state index contributed by atoms with van der Waals surface area (Å²) < 4.78 is 0. The number of Topliss-reactive ketones (excluding diaryl/α,β-unsaturated/α-hetero) is 2. The normalized spacial score (nSPS) is 9.45. The summed E-state index contributed by atoms with van der Waals surface area (Å²) in [5, 5.41) is 0. The van der Waals surface area contributed by atoms with E-state index in [0.29, 0.717) is 0 Å². The van der Waals surface area contributed by atoms with Gasteiger partial charge in [0.15, 0.2) is 0 Å². The van der Waals surface area contributed by atoms with E-state index in [1.165, 1.54) is 18.3 Å². The van der Waals surface area contributed by atoms with Crippen molar-refractivity contribution >= 4 is 11.6 Å². The third-order valence-electron chi connectivity index (χ3n) is 2.89. The summed E-state index contributed by atoms with van der Waals surface area (Å²) in [6, 6.07) is 0. The molecule has 0 spiro atoms. The summed E-state index contributed by atoms with van der Waals surface area (Å²) in [7, 11) is 0. The second kappa shape index (κ2) is 25.8. The molecule has 0 aliphatic rings. The van der Waals surface area contributed by atoms with Gasteiger partial charge in [-0.05, 0) is 19.6 Å². The van der Waals surface area contributed by atoms with E-state index in [0.717, 1.165) is 5.92 Å². The number of ketones is 2. The van der Waals surface area contributed by atoms with Crippen molar-refractivity contribution in [3.8, 4) is 0 Å². The number of carbonyl (C=O) groups is 2. The summed E-state index contributed by atoms with van der Waals surface area (Å²) in [5.41, 5.74) is 0. The van der Waals surface area contributed by atoms with Gasteiger partial charge in [0.1, 0.15) is 5.78 Å². The van der Waals surface area contributed by atoms with Gasteiger partial charge in [-0.25, -0.2) is 0 Å². The van der Waals surface area contributed by atoms with Crippen LogP contribution < -0.4 is 0 Å². The average Bonchev–Trinajstić information content (AvgIpc) is 2.28. The molecule has 125 valence electrons. The number of hydrogen-bond acceptors (Lipinski definition) is 2. The van der Waals surface area contributed by atoms with Crippen molar-refractivity contribution in [2.75, 3.05) is 0 Å². The molecule has 0 aromatic rings. The topological polar surface area (TPSA) is 34.1 Å². The molecule has 1 atom stereocenters. The van der Waals surface area contributed by atoms with Crippen LogP contribution in [-0.4, -0.2) is 11.6 Å². The second-order valence-corrected chi connectivity index (χ2v) is 5.53. The number of carbonyl (C=O) groups excluding carboxylic acids is 2. The SMILES string of the molecule is CC(=O)C(C)[C-](C)C.CC(=O)[C-](C)C.CC[C-](C)C.[Y].[Y].[Y]. The van der Waals surface area contributed by atoms with Gasteiger partial charge in [0.05, 0.1) is 0 Å². The van der Waals surface area contributed by atoms with Gasteiger partial charge in [0.25, 0.3) is 0 Å². The molecule has 0 aromatic carbocycles. The van der Waals surface area contributed by atoms with Crippen molar-refractivity contribution in [2.45, 2.75) is 75.7 Å². The Labute approximate surface area is 215 Å². The quantitative estimate of drug-likeness (QED) is 0.474. The maximum absolute atomic E-state index is 10.6. The predicted octanol–water partition coefficient (Wildman–Crippen LogP) is 5.02. The van der Waals surface area contributed by atoms with Crippen LogP contribution in [-0.2, 0) is 108 Å². The molecule has 0 rings (SSSR count). The summed E-state index contributed by atoms with van der Waals surface area (Å²) in [4.78, 5) is 20.7. The van der Waals surface area contributed by atoms with Crippen LogP contribution in [0.25, 0.3) is 0 Å². The van der Waals surface area contributed by atoms with E-state index in [1.54, 1.807) is 13.8 Å². The van der Waals surface area contributed by atoms with Gasteiger partial charge in [-0.1, -0.05) is 13.8 Å². The first-order valence-electron chi connectivity index (χ1n) is 6.87. The summed E-state index contributed by atoms with van der Waals surface area (Å²) >= 11 is 0. The minimum atomic E-state index is 0. The predicted molar refractivity (Wildman–Crippen MR) is 84.6 cm³/mol. The van der Waals surface area contributed by atoms with E-state index in [-0.39, 0.29) is 116 Å². The Hall–Kier alpha value is 2.52. The fourth-order valence-electron chi connectivity index (χ4n) is 0.407. The zero-order chi connectivity index (χ0) is 16.2. The van der Waals surface area contributed by atoms with Gasteiger partial charge in [0.2, 0.25) is 0 Å². The molecule has 0 heterocycles. The largest absolute Gasteiger partial charge is 0.334 e. The Bertz CT molecular complexity index is 240. The Morgan fingerprint density at radius 2 is 1.09 bits per heavy atom. The minimum absolute atomic E-state index is 0. The maximum Gasteiger partial charge on any atom is 0.103 e. The van der Waals surface area contributed by atoms with E-state index in [4.69, 9.17) is 0 Å². The van der Waals surface area contributed by atoms with Gasteiger partial charge in [-0.2, -0.15) is 48.0 Å². The summed E-state index contributed by atoms with van der Waals surface area (Å²) in [6.07, 6.45) is 1.22. The Kier molecular flexibility index (Phi) is 46.3. The molecule has 0 amide bonds. The Balaban J connectivity index is -0.0000000419. The third-order valence-corrected chi connectivity index (χ3v) is 2.89. The van der Waals surface area contributed by atoms with Crippen LogP contribution in [0, 0.1) is 23.7 Å². The van der Waals surface area contributed by atoms with Crippen molar-refractivity contribution in [3.05, 3.63) is 17.8 Å². The van der Waals surface area contributed by atoms with Crippen molar-refractivity contribution in [3.63, 3.8) is 0 Å². The molecule has 0 aliphatic heterocycles. The van der Waals surface area contributed by atoms with Crippen molar-refractivity contribution in [1.29, 1.82) is 0 Å². The van der Waals surface area contributed by atoms with Gasteiger partial charge < -0.3 is 27.3 Å². The van der Waals surface area contributed by atoms with Gasteiger partial charge in [-0.3, -0.25) is 0 Å². The molecule has 0 aromatic heterocycles. The molecule has 1 unspecified atom stereocenters. The second-order valence-electron chi connectivity index (χ2n) is 5.53. The first-order chi connectivity index (χ1) is 8.47. The summed E-state index contributed by atoms with van der Waals surface area (Å²) in [5.74, 6) is 4.15. The summed E-state index contributed by atoms with van der Waals surface area (Å²) in [6.45, 7) is 19.1. The standard InChI is InChI=1S/C7H13O.C5H9O.C5H11.3Y/c1-5(2)6(3)7(4)8;1-4(2)5(3)6;1-4-5(2)3;;;/h6H,1-4H3;1-3H3;4H2,1-3H3;;;/q3*-1;;;. The van der Waals surface area contributed by atoms with E-state index < -0.39 is 0 Å². The molecular formula is C17H33O2Y3-3. The molecule has 0 saturated heterocycles. The van der Waals surface area contributed by atoms with Crippen molar-refractivity contribution in [2.24, 2.45) is 5.92 Å². The van der Waals surface area contributed by atoms with E-state index in [1.807, 2.05) is 34.6 Å². The van der Waals surface area contributed by atoms with E-state index in [9.17, 15) is 9.59 Å². The fraction of sp³-hybridized carbons (Fsp3) is 0.706. The first kappa shape index (κ1) is 39.5. The van der Waals surface area contributed by atoms with Crippen LogP contribution in [0.1, 0.15) is 75.7 Å². The van der Waals surface area contributed by atoms with Gasteiger partial charge >= 0.3 is 0 Å². The molecule has 0 N–H and O–H groups in total. The maximum atomic E-state index is 10.6. The van der Waals surface area contributed by atoms with Gasteiger partial charge in [-0.15, -0.1) is 5.92 Å². The minimum Gasteiger partial charge on any atom is -0.334 e. The average molecular weight is 536 g/mol. The van der Waals surface area contributed by atoms with E-state index in [2.05, 4.69) is 20.8 Å². The molecule has 0 bridgehead atoms. The first-order valence-corrected chi connectivity index (χ1v) is 6.87. The Morgan fingerprint density at radius 1 is 0.864 bits per heavy atom.